The summed E-state index contributed by atoms with van der Waals surface area (Å²) in [6.45, 7) is 0.553. The van der Waals surface area contributed by atoms with E-state index in [2.05, 4.69) is 5.32 Å². The topological polar surface area (TPSA) is 29.1 Å². The molecular formula is C16H16ClNO. The minimum Gasteiger partial charge on any atom is -0.351 e. The van der Waals surface area contributed by atoms with Gasteiger partial charge in [-0.15, -0.1) is 11.6 Å². The Morgan fingerprint density at radius 2 is 1.95 bits per heavy atom. The summed E-state index contributed by atoms with van der Waals surface area (Å²) < 4.78 is 0. The van der Waals surface area contributed by atoms with E-state index in [1.807, 2.05) is 42.5 Å². The van der Waals surface area contributed by atoms with Gasteiger partial charge < -0.3 is 5.32 Å². The number of hydrogen-bond donors (Lipinski definition) is 1. The molecule has 98 valence electrons. The third kappa shape index (κ3) is 2.90. The number of carbonyl (C=O) groups excluding carboxylic acids is 1. The van der Waals surface area contributed by atoms with E-state index < -0.39 is 0 Å². The highest BCUT2D eigenvalue weighted by Gasteiger charge is 2.29. The highest BCUT2D eigenvalue weighted by atomic mass is 35.5. The standard InChI is InChI=1S/C16H16ClNO/c17-15(12-6-7-12)10-18-16(19)14-8-5-11-3-1-2-4-13(11)9-14/h1-5,8-9,12,15H,6-7,10H2,(H,18,19). The molecule has 1 saturated carbocycles. The van der Waals surface area contributed by atoms with Crippen molar-refractivity contribution in [3.8, 4) is 0 Å². The maximum Gasteiger partial charge on any atom is 0.251 e. The van der Waals surface area contributed by atoms with Gasteiger partial charge in [-0.3, -0.25) is 4.79 Å². The predicted molar refractivity (Wildman–Crippen MR) is 78.6 cm³/mol. The Kier molecular flexibility index (Phi) is 3.43. The smallest absolute Gasteiger partial charge is 0.251 e. The van der Waals surface area contributed by atoms with E-state index in [1.54, 1.807) is 0 Å². The van der Waals surface area contributed by atoms with Crippen LogP contribution in [0.3, 0.4) is 0 Å². The fourth-order valence-corrected chi connectivity index (χ4v) is 2.58. The Balaban J connectivity index is 1.70. The lowest BCUT2D eigenvalue weighted by molar-refractivity contribution is 0.0953. The lowest BCUT2D eigenvalue weighted by atomic mass is 10.1. The van der Waals surface area contributed by atoms with Crippen LogP contribution in [0.4, 0.5) is 0 Å². The summed E-state index contributed by atoms with van der Waals surface area (Å²) in [7, 11) is 0. The summed E-state index contributed by atoms with van der Waals surface area (Å²) in [5.41, 5.74) is 0.693. The van der Waals surface area contributed by atoms with E-state index in [1.165, 1.54) is 12.8 Å². The molecule has 1 aliphatic carbocycles. The Morgan fingerprint density at radius 1 is 1.21 bits per heavy atom. The number of halogens is 1. The summed E-state index contributed by atoms with van der Waals surface area (Å²) in [5.74, 6) is 0.552. The molecule has 2 aromatic carbocycles. The summed E-state index contributed by atoms with van der Waals surface area (Å²) in [4.78, 5) is 12.1. The monoisotopic (exact) mass is 273 g/mol. The van der Waals surface area contributed by atoms with Crippen LogP contribution in [0.15, 0.2) is 42.5 Å². The molecule has 0 heterocycles. The van der Waals surface area contributed by atoms with E-state index in [4.69, 9.17) is 11.6 Å². The van der Waals surface area contributed by atoms with E-state index in [-0.39, 0.29) is 11.3 Å². The maximum atomic E-state index is 12.1. The zero-order valence-electron chi connectivity index (χ0n) is 10.6. The molecule has 1 unspecified atom stereocenters. The summed E-state index contributed by atoms with van der Waals surface area (Å²) in [5, 5.41) is 5.22. The van der Waals surface area contributed by atoms with Gasteiger partial charge in [-0.1, -0.05) is 30.3 Å². The molecule has 2 nitrogen and oxygen atoms in total. The number of nitrogens with one attached hydrogen (secondary N) is 1. The van der Waals surface area contributed by atoms with Gasteiger partial charge in [-0.2, -0.15) is 0 Å². The van der Waals surface area contributed by atoms with Gasteiger partial charge in [0.25, 0.3) is 5.91 Å². The molecule has 1 N–H and O–H groups in total. The van der Waals surface area contributed by atoms with Gasteiger partial charge in [-0.25, -0.2) is 0 Å². The van der Waals surface area contributed by atoms with Crippen LogP contribution in [0.1, 0.15) is 23.2 Å². The highest BCUT2D eigenvalue weighted by Crippen LogP contribution is 2.35. The minimum atomic E-state index is -0.0444. The van der Waals surface area contributed by atoms with Gasteiger partial charge in [0.1, 0.15) is 0 Å². The van der Waals surface area contributed by atoms with Gasteiger partial charge in [-0.05, 0) is 41.7 Å². The normalized spacial score (nSPS) is 16.3. The molecule has 0 radical (unpaired) electrons. The molecule has 0 spiro atoms. The predicted octanol–water partition coefficient (Wildman–Crippen LogP) is 3.59. The lowest BCUT2D eigenvalue weighted by Crippen LogP contribution is -2.30. The van der Waals surface area contributed by atoms with Crippen LogP contribution >= 0.6 is 11.6 Å². The average Bonchev–Trinajstić information content (AvgIpc) is 3.28. The van der Waals surface area contributed by atoms with Crippen molar-refractivity contribution in [1.29, 1.82) is 0 Å². The van der Waals surface area contributed by atoms with Gasteiger partial charge in [0.05, 0.1) is 5.38 Å². The molecule has 0 bridgehead atoms. The number of amides is 1. The molecule has 0 saturated heterocycles. The van der Waals surface area contributed by atoms with Crippen molar-refractivity contribution < 1.29 is 4.79 Å². The van der Waals surface area contributed by atoms with Crippen molar-refractivity contribution in [2.75, 3.05) is 6.54 Å². The molecule has 1 aliphatic rings. The minimum absolute atomic E-state index is 0.0444. The third-order valence-electron chi connectivity index (χ3n) is 3.60. The number of alkyl halides is 1. The van der Waals surface area contributed by atoms with E-state index in [0.29, 0.717) is 18.0 Å². The highest BCUT2D eigenvalue weighted by molar-refractivity contribution is 6.21. The van der Waals surface area contributed by atoms with E-state index in [9.17, 15) is 4.79 Å². The molecule has 2 aromatic rings. The first-order chi connectivity index (χ1) is 9.24. The number of benzene rings is 2. The van der Waals surface area contributed by atoms with Crippen molar-refractivity contribution in [2.24, 2.45) is 5.92 Å². The molecular weight excluding hydrogens is 258 g/mol. The number of hydrogen-bond acceptors (Lipinski definition) is 1. The van der Waals surface area contributed by atoms with Crippen LogP contribution < -0.4 is 5.32 Å². The SMILES string of the molecule is O=C(NCC(Cl)C1CC1)c1ccc2ccccc2c1. The number of carbonyl (C=O) groups is 1. The molecule has 0 aliphatic heterocycles. The van der Waals surface area contributed by atoms with Crippen molar-refractivity contribution in [3.05, 3.63) is 48.0 Å². The summed E-state index contributed by atoms with van der Waals surface area (Å²) >= 11 is 6.19. The van der Waals surface area contributed by atoms with Gasteiger partial charge >= 0.3 is 0 Å². The first-order valence-electron chi connectivity index (χ1n) is 6.65. The average molecular weight is 274 g/mol. The second-order valence-electron chi connectivity index (χ2n) is 5.13. The molecule has 1 fully saturated rings. The Hall–Kier alpha value is -1.54. The van der Waals surface area contributed by atoms with Crippen molar-refractivity contribution in [3.63, 3.8) is 0 Å². The first-order valence-corrected chi connectivity index (χ1v) is 7.09. The van der Waals surface area contributed by atoms with Crippen LogP contribution in [-0.2, 0) is 0 Å². The molecule has 19 heavy (non-hydrogen) atoms. The van der Waals surface area contributed by atoms with Crippen LogP contribution in [0.2, 0.25) is 0 Å². The molecule has 1 atom stereocenters. The van der Waals surface area contributed by atoms with Gasteiger partial charge in [0.15, 0.2) is 0 Å². The zero-order valence-corrected chi connectivity index (χ0v) is 11.4. The van der Waals surface area contributed by atoms with Crippen LogP contribution in [0.25, 0.3) is 10.8 Å². The van der Waals surface area contributed by atoms with Crippen LogP contribution in [0.5, 0.6) is 0 Å². The molecule has 0 aromatic heterocycles. The zero-order chi connectivity index (χ0) is 13.2. The fraction of sp³-hybridized carbons (Fsp3) is 0.312. The second kappa shape index (κ2) is 5.22. The molecule has 3 rings (SSSR count). The number of fused-ring (bicyclic) bond motifs is 1. The fourth-order valence-electron chi connectivity index (χ4n) is 2.25. The largest absolute Gasteiger partial charge is 0.351 e. The quantitative estimate of drug-likeness (QED) is 0.848. The van der Waals surface area contributed by atoms with Gasteiger partial charge in [0, 0.05) is 12.1 Å². The Bertz CT molecular complexity index is 606. The Morgan fingerprint density at radius 3 is 2.68 bits per heavy atom. The van der Waals surface area contributed by atoms with E-state index >= 15 is 0 Å². The lowest BCUT2D eigenvalue weighted by Gasteiger charge is -2.10. The van der Waals surface area contributed by atoms with Crippen molar-refractivity contribution in [1.82, 2.24) is 5.32 Å². The first kappa shape index (κ1) is 12.5. The van der Waals surface area contributed by atoms with Crippen molar-refractivity contribution >= 4 is 28.3 Å². The van der Waals surface area contributed by atoms with Gasteiger partial charge in [0.2, 0.25) is 0 Å². The third-order valence-corrected chi connectivity index (χ3v) is 4.11. The molecule has 3 heteroatoms. The summed E-state index contributed by atoms with van der Waals surface area (Å²) in [6, 6.07) is 13.8. The Labute approximate surface area is 117 Å². The molecule has 1 amide bonds. The van der Waals surface area contributed by atoms with Crippen LogP contribution in [-0.4, -0.2) is 17.8 Å². The maximum absolute atomic E-state index is 12.1. The number of rotatable bonds is 4. The summed E-state index contributed by atoms with van der Waals surface area (Å²) in [6.07, 6.45) is 2.39. The van der Waals surface area contributed by atoms with Crippen molar-refractivity contribution in [2.45, 2.75) is 18.2 Å². The second-order valence-corrected chi connectivity index (χ2v) is 5.69. The van der Waals surface area contributed by atoms with E-state index in [0.717, 1.165) is 10.8 Å². The van der Waals surface area contributed by atoms with Crippen LogP contribution in [0, 0.1) is 5.92 Å².